The number of nitrogens with zero attached hydrogens (tertiary/aromatic N) is 3. The molecule has 2 aromatic heterocycles. The highest BCUT2D eigenvalue weighted by Gasteiger charge is 2.14. The predicted octanol–water partition coefficient (Wildman–Crippen LogP) is 4.01. The van der Waals surface area contributed by atoms with E-state index < -0.39 is 6.10 Å². The molecule has 1 atom stereocenters. The summed E-state index contributed by atoms with van der Waals surface area (Å²) in [4.78, 5) is 10.9. The number of fused-ring (bicyclic) bond motifs is 1. The first kappa shape index (κ1) is 15.9. The van der Waals surface area contributed by atoms with Crippen molar-refractivity contribution in [2.75, 3.05) is 5.75 Å². The third-order valence-electron chi connectivity index (χ3n) is 3.73. The molecule has 23 heavy (non-hydrogen) atoms. The molecule has 0 spiro atoms. The van der Waals surface area contributed by atoms with E-state index in [1.54, 1.807) is 41.9 Å². The zero-order valence-corrected chi connectivity index (χ0v) is 14.4. The summed E-state index contributed by atoms with van der Waals surface area (Å²) in [6, 6.07) is 9.10. The average Bonchev–Trinajstić information content (AvgIpc) is 2.88. The van der Waals surface area contributed by atoms with E-state index in [0.29, 0.717) is 11.3 Å². The first-order valence-corrected chi connectivity index (χ1v) is 8.92. The Morgan fingerprint density at radius 3 is 2.70 bits per heavy atom. The number of aliphatic hydroxyl groups excluding tert-OH is 1. The lowest BCUT2D eigenvalue weighted by Crippen LogP contribution is -2.01. The van der Waals surface area contributed by atoms with Crippen molar-refractivity contribution >= 4 is 33.3 Å². The summed E-state index contributed by atoms with van der Waals surface area (Å²) in [6.07, 6.45) is 0.978. The van der Waals surface area contributed by atoms with Crippen LogP contribution in [0.15, 0.2) is 35.6 Å². The van der Waals surface area contributed by atoms with Crippen molar-refractivity contribution in [3.05, 3.63) is 52.2 Å². The van der Waals surface area contributed by atoms with Crippen molar-refractivity contribution in [2.24, 2.45) is 0 Å². The standard InChI is InChI=1S/C17H15N3OS2/c1-10-11(2)23-17-15(10)16(19-9-20-17)22-8-14(21)13-5-3-12(7-18)4-6-13/h3-6,9,14,21H,8H2,1-2H3. The van der Waals surface area contributed by atoms with Crippen LogP contribution in [0.2, 0.25) is 0 Å². The number of aliphatic hydroxyl groups is 1. The second-order valence-electron chi connectivity index (χ2n) is 5.20. The smallest absolute Gasteiger partial charge is 0.128 e. The quantitative estimate of drug-likeness (QED) is 0.573. The zero-order chi connectivity index (χ0) is 16.4. The maximum absolute atomic E-state index is 10.3. The van der Waals surface area contributed by atoms with Crippen LogP contribution in [0.25, 0.3) is 10.2 Å². The fourth-order valence-corrected chi connectivity index (χ4v) is 4.38. The van der Waals surface area contributed by atoms with Gasteiger partial charge in [-0.2, -0.15) is 5.26 Å². The second-order valence-corrected chi connectivity index (χ2v) is 7.41. The molecule has 1 unspecified atom stereocenters. The molecule has 0 aliphatic heterocycles. The van der Waals surface area contributed by atoms with Gasteiger partial charge in [0.25, 0.3) is 0 Å². The van der Waals surface area contributed by atoms with E-state index in [1.165, 1.54) is 22.2 Å². The minimum atomic E-state index is -0.599. The van der Waals surface area contributed by atoms with Crippen LogP contribution < -0.4 is 0 Å². The lowest BCUT2D eigenvalue weighted by Gasteiger charge is -2.11. The van der Waals surface area contributed by atoms with Crippen LogP contribution in [0.1, 0.15) is 27.7 Å². The van der Waals surface area contributed by atoms with Gasteiger partial charge in [0.2, 0.25) is 0 Å². The van der Waals surface area contributed by atoms with Crippen LogP contribution >= 0.6 is 23.1 Å². The molecule has 0 saturated heterocycles. The normalized spacial score (nSPS) is 12.3. The van der Waals surface area contributed by atoms with Crippen LogP contribution in [0, 0.1) is 25.2 Å². The minimum Gasteiger partial charge on any atom is -0.388 e. The monoisotopic (exact) mass is 341 g/mol. The number of rotatable bonds is 4. The van der Waals surface area contributed by atoms with Crippen molar-refractivity contribution < 1.29 is 5.11 Å². The highest BCUT2D eigenvalue weighted by Crippen LogP contribution is 2.35. The SMILES string of the molecule is Cc1sc2ncnc(SCC(O)c3ccc(C#N)cc3)c2c1C. The van der Waals surface area contributed by atoms with Gasteiger partial charge in [0.15, 0.2) is 0 Å². The molecule has 3 rings (SSSR count). The Labute approximate surface area is 142 Å². The topological polar surface area (TPSA) is 69.8 Å². The summed E-state index contributed by atoms with van der Waals surface area (Å²) in [7, 11) is 0. The van der Waals surface area contributed by atoms with Gasteiger partial charge in [0.1, 0.15) is 16.2 Å². The molecule has 0 saturated carbocycles. The number of hydrogen-bond donors (Lipinski definition) is 1. The van der Waals surface area contributed by atoms with E-state index in [4.69, 9.17) is 5.26 Å². The Kier molecular flexibility index (Phi) is 4.62. The third kappa shape index (κ3) is 3.22. The number of thiophene rings is 1. The summed E-state index contributed by atoms with van der Waals surface area (Å²) in [5, 5.41) is 21.2. The highest BCUT2D eigenvalue weighted by molar-refractivity contribution is 7.99. The van der Waals surface area contributed by atoms with Gasteiger partial charge in [-0.1, -0.05) is 12.1 Å². The summed E-state index contributed by atoms with van der Waals surface area (Å²) in [5.41, 5.74) is 2.61. The fraction of sp³-hybridized carbons (Fsp3) is 0.235. The van der Waals surface area contributed by atoms with Gasteiger partial charge in [-0.25, -0.2) is 9.97 Å². The summed E-state index contributed by atoms with van der Waals surface area (Å²) < 4.78 is 0. The van der Waals surface area contributed by atoms with Crippen LogP contribution in [-0.2, 0) is 0 Å². The van der Waals surface area contributed by atoms with E-state index in [2.05, 4.69) is 29.9 Å². The van der Waals surface area contributed by atoms with Crippen LogP contribution in [0.3, 0.4) is 0 Å². The Balaban J connectivity index is 1.79. The number of aryl methyl sites for hydroxylation is 2. The van der Waals surface area contributed by atoms with Crippen LogP contribution in [0.4, 0.5) is 0 Å². The molecular weight excluding hydrogens is 326 g/mol. The number of benzene rings is 1. The number of aromatic nitrogens is 2. The molecule has 0 aliphatic carbocycles. The molecule has 116 valence electrons. The average molecular weight is 341 g/mol. The largest absolute Gasteiger partial charge is 0.388 e. The molecule has 1 aromatic carbocycles. The van der Waals surface area contributed by atoms with Crippen molar-refractivity contribution in [3.63, 3.8) is 0 Å². The number of nitriles is 1. The molecule has 0 radical (unpaired) electrons. The lowest BCUT2D eigenvalue weighted by atomic mass is 10.1. The van der Waals surface area contributed by atoms with Crippen LogP contribution in [-0.4, -0.2) is 20.8 Å². The summed E-state index contributed by atoms with van der Waals surface area (Å²) in [6.45, 7) is 4.17. The predicted molar refractivity (Wildman–Crippen MR) is 93.7 cm³/mol. The van der Waals surface area contributed by atoms with Gasteiger partial charge in [0, 0.05) is 16.0 Å². The zero-order valence-electron chi connectivity index (χ0n) is 12.8. The molecule has 0 aliphatic rings. The van der Waals surface area contributed by atoms with Crippen molar-refractivity contribution in [1.82, 2.24) is 9.97 Å². The molecule has 6 heteroatoms. The number of thioether (sulfide) groups is 1. The summed E-state index contributed by atoms with van der Waals surface area (Å²) in [5.74, 6) is 0.506. The molecule has 0 amide bonds. The van der Waals surface area contributed by atoms with E-state index >= 15 is 0 Å². The Morgan fingerprint density at radius 2 is 2.00 bits per heavy atom. The van der Waals surface area contributed by atoms with Gasteiger partial charge in [0.05, 0.1) is 17.7 Å². The minimum absolute atomic E-state index is 0.506. The van der Waals surface area contributed by atoms with E-state index in [9.17, 15) is 5.11 Å². The molecule has 2 heterocycles. The van der Waals surface area contributed by atoms with Gasteiger partial charge in [-0.3, -0.25) is 0 Å². The second kappa shape index (κ2) is 6.67. The van der Waals surface area contributed by atoms with Crippen molar-refractivity contribution in [1.29, 1.82) is 5.26 Å². The van der Waals surface area contributed by atoms with Crippen molar-refractivity contribution in [2.45, 2.75) is 25.0 Å². The Hall–Kier alpha value is -1.94. The van der Waals surface area contributed by atoms with Gasteiger partial charge >= 0.3 is 0 Å². The van der Waals surface area contributed by atoms with E-state index in [1.807, 2.05) is 0 Å². The first-order chi connectivity index (χ1) is 11.1. The van der Waals surface area contributed by atoms with Crippen molar-refractivity contribution in [3.8, 4) is 6.07 Å². The molecule has 0 bridgehead atoms. The third-order valence-corrected chi connectivity index (χ3v) is 5.91. The Bertz CT molecular complexity index is 881. The maximum Gasteiger partial charge on any atom is 0.128 e. The molecule has 1 N–H and O–H groups in total. The summed E-state index contributed by atoms with van der Waals surface area (Å²) >= 11 is 3.20. The van der Waals surface area contributed by atoms with E-state index in [-0.39, 0.29) is 0 Å². The highest BCUT2D eigenvalue weighted by atomic mass is 32.2. The van der Waals surface area contributed by atoms with Crippen LogP contribution in [0.5, 0.6) is 0 Å². The fourth-order valence-electron chi connectivity index (χ4n) is 2.29. The first-order valence-electron chi connectivity index (χ1n) is 7.11. The Morgan fingerprint density at radius 1 is 1.26 bits per heavy atom. The molecular formula is C17H15N3OS2. The van der Waals surface area contributed by atoms with Gasteiger partial charge < -0.3 is 5.11 Å². The lowest BCUT2D eigenvalue weighted by molar-refractivity contribution is 0.204. The number of hydrogen-bond acceptors (Lipinski definition) is 6. The van der Waals surface area contributed by atoms with Gasteiger partial charge in [-0.15, -0.1) is 23.1 Å². The molecule has 0 fully saturated rings. The molecule has 4 nitrogen and oxygen atoms in total. The van der Waals surface area contributed by atoms with Gasteiger partial charge in [-0.05, 0) is 37.1 Å². The van der Waals surface area contributed by atoms with E-state index in [0.717, 1.165) is 20.8 Å². The maximum atomic E-state index is 10.3. The molecule has 3 aromatic rings.